The predicted octanol–water partition coefficient (Wildman–Crippen LogP) is 3.28. The minimum absolute atomic E-state index is 0.203. The van der Waals surface area contributed by atoms with Crippen molar-refractivity contribution in [2.75, 3.05) is 7.11 Å². The maximum Gasteiger partial charge on any atom is 0.165 e. The number of fused-ring (bicyclic) bond motifs is 1. The van der Waals surface area contributed by atoms with Gasteiger partial charge in [0.15, 0.2) is 11.6 Å². The van der Waals surface area contributed by atoms with Crippen molar-refractivity contribution < 1.29 is 9.13 Å². The molecule has 0 saturated heterocycles. The Morgan fingerprint density at radius 1 is 1.39 bits per heavy atom. The van der Waals surface area contributed by atoms with E-state index in [1.54, 1.807) is 12.1 Å². The van der Waals surface area contributed by atoms with Crippen LogP contribution in [0.1, 0.15) is 37.8 Å². The van der Waals surface area contributed by atoms with Gasteiger partial charge in [-0.2, -0.15) is 0 Å². The molecule has 2 nitrogen and oxygen atoms in total. The summed E-state index contributed by atoms with van der Waals surface area (Å²) in [6, 6.07) is 6.07. The van der Waals surface area contributed by atoms with Gasteiger partial charge >= 0.3 is 0 Å². The van der Waals surface area contributed by atoms with Crippen LogP contribution in [0.3, 0.4) is 0 Å². The summed E-state index contributed by atoms with van der Waals surface area (Å²) < 4.78 is 18.6. The summed E-state index contributed by atoms with van der Waals surface area (Å²) in [5, 5.41) is 3.64. The molecule has 0 amide bonds. The number of ether oxygens (including phenoxy) is 1. The molecule has 2 aliphatic carbocycles. The molecule has 18 heavy (non-hydrogen) atoms. The Balaban J connectivity index is 1.67. The number of benzene rings is 1. The van der Waals surface area contributed by atoms with Gasteiger partial charge in [0.25, 0.3) is 0 Å². The summed E-state index contributed by atoms with van der Waals surface area (Å²) in [7, 11) is 1.49. The number of nitrogens with one attached hydrogen (secondary N) is 1. The van der Waals surface area contributed by atoms with Gasteiger partial charge < -0.3 is 10.1 Å². The fraction of sp³-hybridized carbons (Fsp3) is 0.600. The maximum atomic E-state index is 13.7. The molecule has 98 valence electrons. The first-order valence-electron chi connectivity index (χ1n) is 6.78. The van der Waals surface area contributed by atoms with E-state index >= 15 is 0 Å². The van der Waals surface area contributed by atoms with Gasteiger partial charge in [-0.25, -0.2) is 4.39 Å². The van der Waals surface area contributed by atoms with E-state index in [1.165, 1.54) is 26.4 Å². The van der Waals surface area contributed by atoms with Crippen molar-refractivity contribution in [2.24, 2.45) is 11.8 Å². The molecule has 0 aromatic heterocycles. The van der Waals surface area contributed by atoms with Crippen molar-refractivity contribution in [3.63, 3.8) is 0 Å². The van der Waals surface area contributed by atoms with Crippen LogP contribution in [0.15, 0.2) is 18.2 Å². The fourth-order valence-corrected chi connectivity index (χ4v) is 3.28. The molecule has 4 atom stereocenters. The van der Waals surface area contributed by atoms with Crippen LogP contribution >= 0.6 is 0 Å². The van der Waals surface area contributed by atoms with Gasteiger partial charge in [0.1, 0.15) is 0 Å². The zero-order valence-electron chi connectivity index (χ0n) is 10.9. The molecule has 2 aliphatic rings. The highest BCUT2D eigenvalue weighted by Crippen LogP contribution is 2.52. The number of hydrogen-bond acceptors (Lipinski definition) is 2. The molecule has 1 aromatic carbocycles. The first-order valence-corrected chi connectivity index (χ1v) is 6.78. The lowest BCUT2D eigenvalue weighted by atomic mass is 10.1. The molecule has 4 unspecified atom stereocenters. The van der Waals surface area contributed by atoms with E-state index in [2.05, 4.69) is 12.2 Å². The lowest BCUT2D eigenvalue weighted by Gasteiger charge is -2.21. The second-order valence-corrected chi connectivity index (χ2v) is 5.63. The van der Waals surface area contributed by atoms with Gasteiger partial charge in [-0.3, -0.25) is 0 Å². The molecule has 0 spiro atoms. The summed E-state index contributed by atoms with van der Waals surface area (Å²) in [5.74, 6) is 1.89. The van der Waals surface area contributed by atoms with Crippen molar-refractivity contribution in [1.82, 2.24) is 5.32 Å². The Morgan fingerprint density at radius 2 is 2.22 bits per heavy atom. The highest BCUT2D eigenvalue weighted by molar-refractivity contribution is 5.31. The number of rotatable bonds is 4. The van der Waals surface area contributed by atoms with Crippen LogP contribution in [0.25, 0.3) is 0 Å². The SMILES string of the molecule is COc1ccc(C(C)NC2CCC3CC32)cc1F. The van der Waals surface area contributed by atoms with Gasteiger partial charge in [-0.05, 0) is 55.7 Å². The van der Waals surface area contributed by atoms with Crippen molar-refractivity contribution in [3.05, 3.63) is 29.6 Å². The third-order valence-corrected chi connectivity index (χ3v) is 4.48. The summed E-state index contributed by atoms with van der Waals surface area (Å²) in [4.78, 5) is 0. The number of halogens is 1. The molecule has 2 fully saturated rings. The quantitative estimate of drug-likeness (QED) is 0.884. The van der Waals surface area contributed by atoms with E-state index in [1.807, 2.05) is 6.07 Å². The lowest BCUT2D eigenvalue weighted by molar-refractivity contribution is 0.384. The maximum absolute atomic E-state index is 13.7. The molecule has 1 aromatic rings. The van der Waals surface area contributed by atoms with Gasteiger partial charge in [0.05, 0.1) is 7.11 Å². The smallest absolute Gasteiger partial charge is 0.165 e. The largest absolute Gasteiger partial charge is 0.494 e. The van der Waals surface area contributed by atoms with Crippen LogP contribution in [0.4, 0.5) is 4.39 Å². The van der Waals surface area contributed by atoms with E-state index in [4.69, 9.17) is 4.74 Å². The third-order valence-electron chi connectivity index (χ3n) is 4.48. The lowest BCUT2D eigenvalue weighted by Crippen LogP contribution is -2.31. The minimum Gasteiger partial charge on any atom is -0.494 e. The molecular weight excluding hydrogens is 229 g/mol. The molecule has 2 saturated carbocycles. The van der Waals surface area contributed by atoms with Crippen LogP contribution < -0.4 is 10.1 Å². The van der Waals surface area contributed by atoms with E-state index in [9.17, 15) is 4.39 Å². The van der Waals surface area contributed by atoms with Crippen molar-refractivity contribution in [1.29, 1.82) is 0 Å². The minimum atomic E-state index is -0.278. The van der Waals surface area contributed by atoms with Crippen LogP contribution in [0, 0.1) is 17.7 Å². The monoisotopic (exact) mass is 249 g/mol. The Bertz CT molecular complexity index is 448. The van der Waals surface area contributed by atoms with Crippen LogP contribution in [0.2, 0.25) is 0 Å². The van der Waals surface area contributed by atoms with E-state index in [0.29, 0.717) is 11.8 Å². The molecule has 0 aliphatic heterocycles. The standard InChI is InChI=1S/C15H20FNO/c1-9(17-14-5-3-11-7-12(11)14)10-4-6-15(18-2)13(16)8-10/h4,6,8-9,11-12,14,17H,3,5,7H2,1-2H3. The summed E-state index contributed by atoms with van der Waals surface area (Å²) >= 11 is 0. The van der Waals surface area contributed by atoms with Crippen LogP contribution in [-0.2, 0) is 0 Å². The predicted molar refractivity (Wildman–Crippen MR) is 69.1 cm³/mol. The molecule has 3 heteroatoms. The fourth-order valence-electron chi connectivity index (χ4n) is 3.28. The van der Waals surface area contributed by atoms with E-state index < -0.39 is 0 Å². The normalized spacial score (nSPS) is 30.9. The third kappa shape index (κ3) is 2.12. The topological polar surface area (TPSA) is 21.3 Å². The van der Waals surface area contributed by atoms with Gasteiger partial charge in [-0.15, -0.1) is 0 Å². The average Bonchev–Trinajstić information content (AvgIpc) is 3.05. The van der Waals surface area contributed by atoms with Crippen LogP contribution in [-0.4, -0.2) is 13.2 Å². The number of methoxy groups -OCH3 is 1. The highest BCUT2D eigenvalue weighted by Gasteiger charge is 2.48. The zero-order chi connectivity index (χ0) is 12.7. The second kappa shape index (κ2) is 4.54. The van der Waals surface area contributed by atoms with E-state index in [0.717, 1.165) is 17.4 Å². The Morgan fingerprint density at radius 3 is 2.78 bits per heavy atom. The van der Waals surface area contributed by atoms with E-state index in [-0.39, 0.29) is 11.9 Å². The second-order valence-electron chi connectivity index (χ2n) is 5.63. The van der Waals surface area contributed by atoms with Gasteiger partial charge in [0, 0.05) is 12.1 Å². The molecular formula is C15H20FNO. The number of hydrogen-bond donors (Lipinski definition) is 1. The van der Waals surface area contributed by atoms with Crippen molar-refractivity contribution >= 4 is 0 Å². The Labute approximate surface area is 108 Å². The average molecular weight is 249 g/mol. The van der Waals surface area contributed by atoms with Gasteiger partial charge in [-0.1, -0.05) is 6.07 Å². The highest BCUT2D eigenvalue weighted by atomic mass is 19.1. The van der Waals surface area contributed by atoms with Crippen molar-refractivity contribution in [2.45, 2.75) is 38.3 Å². The Hall–Kier alpha value is -1.09. The zero-order valence-corrected chi connectivity index (χ0v) is 10.9. The molecule has 3 rings (SSSR count). The first-order chi connectivity index (χ1) is 8.69. The summed E-state index contributed by atoms with van der Waals surface area (Å²) in [5.41, 5.74) is 0.998. The van der Waals surface area contributed by atoms with Gasteiger partial charge in [0.2, 0.25) is 0 Å². The first kappa shape index (κ1) is 12.0. The molecule has 0 radical (unpaired) electrons. The van der Waals surface area contributed by atoms with Crippen LogP contribution in [0.5, 0.6) is 5.75 Å². The van der Waals surface area contributed by atoms with Crippen molar-refractivity contribution in [3.8, 4) is 5.75 Å². The molecule has 0 bridgehead atoms. The summed E-state index contributed by atoms with van der Waals surface area (Å²) in [6.07, 6.45) is 4.03. The molecule has 1 N–H and O–H groups in total. The Kier molecular flexibility index (Phi) is 3.02. The summed E-state index contributed by atoms with van der Waals surface area (Å²) in [6.45, 7) is 2.11. The molecule has 0 heterocycles.